The van der Waals surface area contributed by atoms with Crippen molar-refractivity contribution in [3.8, 4) is 0 Å². The van der Waals surface area contributed by atoms with Crippen LogP contribution in [0.3, 0.4) is 0 Å². The first kappa shape index (κ1) is 13.8. The van der Waals surface area contributed by atoms with Crippen molar-refractivity contribution in [2.45, 2.75) is 50.9 Å². The number of benzene rings is 1. The van der Waals surface area contributed by atoms with Gasteiger partial charge in [-0.05, 0) is 36.0 Å². The Morgan fingerprint density at radius 3 is 2.44 bits per heavy atom. The molecule has 2 rings (SSSR count). The summed E-state index contributed by atoms with van der Waals surface area (Å²) in [7, 11) is 0. The molecule has 0 heterocycles. The predicted octanol–water partition coefficient (Wildman–Crippen LogP) is 4.37. The Balaban J connectivity index is 2.54. The molecule has 0 aliphatic heterocycles. The van der Waals surface area contributed by atoms with Crippen LogP contribution in [0.5, 0.6) is 0 Å². The Bertz CT molecular complexity index is 436. The lowest BCUT2D eigenvalue weighted by Gasteiger charge is -2.29. The van der Waals surface area contributed by atoms with Gasteiger partial charge in [-0.25, -0.2) is 4.39 Å². The second kappa shape index (κ2) is 5.18. The van der Waals surface area contributed by atoms with E-state index in [9.17, 15) is 4.39 Å². The molecular formula is C15H21ClFN. The van der Waals surface area contributed by atoms with Crippen molar-refractivity contribution in [2.75, 3.05) is 6.54 Å². The van der Waals surface area contributed by atoms with Crippen LogP contribution in [0.1, 0.15) is 56.6 Å². The zero-order chi connectivity index (χ0) is 13.3. The second-order valence-electron chi connectivity index (χ2n) is 5.71. The standard InChI is InChI=1S/C15H21ClFN/c1-10(2)11-7-12(14(17)13(16)8-11)15(9-18)5-3-4-6-15/h7-8,10H,3-6,9,18H2,1-2H3. The molecule has 1 nitrogen and oxygen atoms in total. The lowest BCUT2D eigenvalue weighted by atomic mass is 9.77. The van der Waals surface area contributed by atoms with Gasteiger partial charge >= 0.3 is 0 Å². The largest absolute Gasteiger partial charge is 0.330 e. The van der Waals surface area contributed by atoms with E-state index >= 15 is 0 Å². The van der Waals surface area contributed by atoms with E-state index in [0.717, 1.165) is 36.8 Å². The van der Waals surface area contributed by atoms with E-state index in [-0.39, 0.29) is 16.3 Å². The van der Waals surface area contributed by atoms with Crippen molar-refractivity contribution < 1.29 is 4.39 Å². The molecule has 18 heavy (non-hydrogen) atoms. The molecule has 1 aromatic rings. The average Bonchev–Trinajstić information content (AvgIpc) is 2.82. The molecule has 0 atom stereocenters. The number of hydrogen-bond donors (Lipinski definition) is 1. The van der Waals surface area contributed by atoms with E-state index in [2.05, 4.69) is 13.8 Å². The molecule has 0 radical (unpaired) electrons. The van der Waals surface area contributed by atoms with Gasteiger partial charge in [-0.3, -0.25) is 0 Å². The van der Waals surface area contributed by atoms with Crippen molar-refractivity contribution in [3.63, 3.8) is 0 Å². The molecule has 0 unspecified atom stereocenters. The summed E-state index contributed by atoms with van der Waals surface area (Å²) in [5, 5.41) is 0.232. The minimum absolute atomic E-state index is 0.196. The van der Waals surface area contributed by atoms with Crippen molar-refractivity contribution in [3.05, 3.63) is 34.1 Å². The maximum Gasteiger partial charge on any atom is 0.145 e. The molecule has 0 bridgehead atoms. The Morgan fingerprint density at radius 2 is 1.94 bits per heavy atom. The smallest absolute Gasteiger partial charge is 0.145 e. The highest BCUT2D eigenvalue weighted by atomic mass is 35.5. The van der Waals surface area contributed by atoms with E-state index < -0.39 is 0 Å². The van der Waals surface area contributed by atoms with Crippen molar-refractivity contribution in [1.82, 2.24) is 0 Å². The van der Waals surface area contributed by atoms with Crippen LogP contribution in [0, 0.1) is 5.82 Å². The highest BCUT2D eigenvalue weighted by Crippen LogP contribution is 2.43. The van der Waals surface area contributed by atoms with Gasteiger partial charge in [0.15, 0.2) is 0 Å². The van der Waals surface area contributed by atoms with E-state index in [0.29, 0.717) is 12.5 Å². The summed E-state index contributed by atoms with van der Waals surface area (Å²) in [5.41, 5.74) is 7.57. The van der Waals surface area contributed by atoms with Gasteiger partial charge < -0.3 is 5.73 Å². The highest BCUT2D eigenvalue weighted by Gasteiger charge is 2.37. The van der Waals surface area contributed by atoms with E-state index in [1.165, 1.54) is 0 Å². The van der Waals surface area contributed by atoms with Gasteiger partial charge in [0.25, 0.3) is 0 Å². The molecule has 0 spiro atoms. The summed E-state index contributed by atoms with van der Waals surface area (Å²) < 4.78 is 14.3. The van der Waals surface area contributed by atoms with Crippen molar-refractivity contribution in [2.24, 2.45) is 5.73 Å². The first-order chi connectivity index (χ1) is 8.50. The summed E-state index contributed by atoms with van der Waals surface area (Å²) in [6, 6.07) is 3.72. The van der Waals surface area contributed by atoms with Crippen LogP contribution in [-0.4, -0.2) is 6.54 Å². The van der Waals surface area contributed by atoms with Gasteiger partial charge in [-0.2, -0.15) is 0 Å². The molecule has 1 aliphatic carbocycles. The minimum atomic E-state index is -0.270. The number of nitrogens with two attached hydrogens (primary N) is 1. The molecule has 3 heteroatoms. The van der Waals surface area contributed by atoms with Crippen molar-refractivity contribution in [1.29, 1.82) is 0 Å². The highest BCUT2D eigenvalue weighted by molar-refractivity contribution is 6.30. The number of rotatable bonds is 3. The molecule has 1 aliphatic rings. The second-order valence-corrected chi connectivity index (χ2v) is 6.12. The first-order valence-electron chi connectivity index (χ1n) is 6.69. The lowest BCUT2D eigenvalue weighted by molar-refractivity contribution is 0.426. The fraction of sp³-hybridized carbons (Fsp3) is 0.600. The normalized spacial score (nSPS) is 18.6. The third-order valence-corrected chi connectivity index (χ3v) is 4.51. The molecule has 1 fully saturated rings. The summed E-state index contributed by atoms with van der Waals surface area (Å²) in [6.45, 7) is 4.69. The summed E-state index contributed by atoms with van der Waals surface area (Å²) in [6.07, 6.45) is 4.19. The Kier molecular flexibility index (Phi) is 3.98. The van der Waals surface area contributed by atoms with Crippen molar-refractivity contribution >= 4 is 11.6 Å². The maximum atomic E-state index is 14.3. The zero-order valence-electron chi connectivity index (χ0n) is 11.1. The lowest BCUT2D eigenvalue weighted by Crippen LogP contribution is -2.33. The zero-order valence-corrected chi connectivity index (χ0v) is 11.9. The molecular weight excluding hydrogens is 249 g/mol. The number of halogens is 2. The molecule has 2 N–H and O–H groups in total. The Hall–Kier alpha value is -0.600. The maximum absolute atomic E-state index is 14.3. The van der Waals surface area contributed by atoms with Gasteiger partial charge in [0, 0.05) is 12.0 Å². The van der Waals surface area contributed by atoms with Crippen LogP contribution >= 0.6 is 11.6 Å². The van der Waals surface area contributed by atoms with Crippen LogP contribution < -0.4 is 5.73 Å². The van der Waals surface area contributed by atoms with Gasteiger partial charge in [0.1, 0.15) is 5.82 Å². The van der Waals surface area contributed by atoms with Crippen LogP contribution in [0.4, 0.5) is 4.39 Å². The Labute approximate surface area is 114 Å². The Morgan fingerprint density at radius 1 is 1.33 bits per heavy atom. The predicted molar refractivity (Wildman–Crippen MR) is 74.7 cm³/mol. The summed E-state index contributed by atoms with van der Waals surface area (Å²) in [5.74, 6) is 0.0755. The monoisotopic (exact) mass is 269 g/mol. The molecule has 100 valence electrons. The average molecular weight is 270 g/mol. The fourth-order valence-corrected chi connectivity index (χ4v) is 3.19. The molecule has 1 aromatic carbocycles. The third kappa shape index (κ3) is 2.28. The van der Waals surface area contributed by atoms with Crippen LogP contribution in [0.2, 0.25) is 5.02 Å². The molecule has 1 saturated carbocycles. The van der Waals surface area contributed by atoms with E-state index in [1.54, 1.807) is 6.07 Å². The molecule has 0 amide bonds. The van der Waals surface area contributed by atoms with Gasteiger partial charge in [-0.15, -0.1) is 0 Å². The van der Waals surface area contributed by atoms with Crippen LogP contribution in [-0.2, 0) is 5.41 Å². The van der Waals surface area contributed by atoms with Gasteiger partial charge in [-0.1, -0.05) is 44.4 Å². The minimum Gasteiger partial charge on any atom is -0.330 e. The van der Waals surface area contributed by atoms with Gasteiger partial charge in [0.2, 0.25) is 0 Å². The molecule has 0 saturated heterocycles. The van der Waals surface area contributed by atoms with E-state index in [1.807, 2.05) is 6.07 Å². The number of hydrogen-bond acceptors (Lipinski definition) is 1. The SMILES string of the molecule is CC(C)c1cc(Cl)c(F)c(C2(CN)CCCC2)c1. The summed E-state index contributed by atoms with van der Waals surface area (Å²) in [4.78, 5) is 0. The summed E-state index contributed by atoms with van der Waals surface area (Å²) >= 11 is 6.04. The third-order valence-electron chi connectivity index (χ3n) is 4.24. The first-order valence-corrected chi connectivity index (χ1v) is 7.07. The van der Waals surface area contributed by atoms with E-state index in [4.69, 9.17) is 17.3 Å². The quantitative estimate of drug-likeness (QED) is 0.866. The molecule has 0 aromatic heterocycles. The van der Waals surface area contributed by atoms with Crippen LogP contribution in [0.15, 0.2) is 12.1 Å². The fourth-order valence-electron chi connectivity index (χ4n) is 2.96. The van der Waals surface area contributed by atoms with Gasteiger partial charge in [0.05, 0.1) is 5.02 Å². The van der Waals surface area contributed by atoms with Crippen LogP contribution in [0.25, 0.3) is 0 Å². The topological polar surface area (TPSA) is 26.0 Å².